The molecular formula is C16H19N5. The number of benzene rings is 1. The summed E-state index contributed by atoms with van der Waals surface area (Å²) in [5.74, 6) is 1.03. The van der Waals surface area contributed by atoms with Gasteiger partial charge >= 0.3 is 0 Å². The molecule has 1 unspecified atom stereocenters. The lowest BCUT2D eigenvalue weighted by Crippen LogP contribution is -2.19. The van der Waals surface area contributed by atoms with E-state index in [2.05, 4.69) is 28.5 Å². The molecule has 0 saturated heterocycles. The normalized spacial score (nSPS) is 12.5. The Kier molecular flexibility index (Phi) is 3.83. The highest BCUT2D eigenvalue weighted by atomic mass is 15.3. The summed E-state index contributed by atoms with van der Waals surface area (Å²) in [6.45, 7) is 2.87. The van der Waals surface area contributed by atoms with Gasteiger partial charge in [0.1, 0.15) is 5.82 Å². The van der Waals surface area contributed by atoms with Gasteiger partial charge in [0.25, 0.3) is 0 Å². The van der Waals surface area contributed by atoms with Crippen LogP contribution in [0.5, 0.6) is 0 Å². The molecule has 0 aliphatic rings. The lowest BCUT2D eigenvalue weighted by atomic mass is 10.2. The van der Waals surface area contributed by atoms with Gasteiger partial charge in [-0.3, -0.25) is 0 Å². The van der Waals surface area contributed by atoms with Crippen molar-refractivity contribution in [3.63, 3.8) is 0 Å². The Morgan fingerprint density at radius 1 is 1.24 bits per heavy atom. The average molecular weight is 281 g/mol. The molecular weight excluding hydrogens is 262 g/mol. The van der Waals surface area contributed by atoms with Gasteiger partial charge in [0.15, 0.2) is 0 Å². The SMILES string of the molecule is CC(NCc1nccn1C)c1cnn(-c2ccccc2)c1. The van der Waals surface area contributed by atoms with Gasteiger partial charge in [-0.15, -0.1) is 0 Å². The first-order valence-corrected chi connectivity index (χ1v) is 7.03. The molecule has 1 atom stereocenters. The summed E-state index contributed by atoms with van der Waals surface area (Å²) in [7, 11) is 2.00. The Morgan fingerprint density at radius 3 is 2.76 bits per heavy atom. The van der Waals surface area contributed by atoms with E-state index >= 15 is 0 Å². The molecule has 0 fully saturated rings. The predicted octanol–water partition coefficient (Wildman–Crippen LogP) is 2.46. The number of hydrogen-bond donors (Lipinski definition) is 1. The van der Waals surface area contributed by atoms with Crippen LogP contribution in [0.4, 0.5) is 0 Å². The minimum absolute atomic E-state index is 0.221. The molecule has 0 bridgehead atoms. The Bertz CT molecular complexity index is 698. The maximum absolute atomic E-state index is 4.43. The van der Waals surface area contributed by atoms with Crippen molar-refractivity contribution in [3.05, 3.63) is 66.5 Å². The molecule has 5 nitrogen and oxygen atoms in total. The third kappa shape index (κ3) is 3.03. The van der Waals surface area contributed by atoms with Crippen LogP contribution in [-0.2, 0) is 13.6 Å². The smallest absolute Gasteiger partial charge is 0.122 e. The standard InChI is InChI=1S/C16H19N5/c1-13(18-11-16-17-8-9-20(16)2)14-10-19-21(12-14)15-6-4-3-5-7-15/h3-10,12-13,18H,11H2,1-2H3. The van der Waals surface area contributed by atoms with Crippen molar-refractivity contribution in [2.24, 2.45) is 7.05 Å². The molecule has 2 heterocycles. The van der Waals surface area contributed by atoms with Crippen LogP contribution in [0.1, 0.15) is 24.4 Å². The monoisotopic (exact) mass is 281 g/mol. The lowest BCUT2D eigenvalue weighted by Gasteiger charge is -2.11. The van der Waals surface area contributed by atoms with Gasteiger partial charge in [0, 0.05) is 37.2 Å². The molecule has 2 aromatic heterocycles. The van der Waals surface area contributed by atoms with Crippen LogP contribution in [0.3, 0.4) is 0 Å². The summed E-state index contributed by atoms with van der Waals surface area (Å²) in [5.41, 5.74) is 2.23. The van der Waals surface area contributed by atoms with Crippen molar-refractivity contribution in [1.82, 2.24) is 24.6 Å². The molecule has 3 rings (SSSR count). The number of para-hydroxylation sites is 1. The van der Waals surface area contributed by atoms with Gasteiger partial charge in [-0.25, -0.2) is 9.67 Å². The third-order valence-electron chi connectivity index (χ3n) is 3.61. The number of aryl methyl sites for hydroxylation is 1. The van der Waals surface area contributed by atoms with E-state index in [1.54, 1.807) is 0 Å². The number of rotatable bonds is 5. The first-order valence-electron chi connectivity index (χ1n) is 7.03. The van der Waals surface area contributed by atoms with Crippen LogP contribution < -0.4 is 5.32 Å². The highest BCUT2D eigenvalue weighted by Crippen LogP contribution is 2.14. The first-order chi connectivity index (χ1) is 10.2. The first kappa shape index (κ1) is 13.6. The molecule has 5 heteroatoms. The number of hydrogen-bond acceptors (Lipinski definition) is 3. The zero-order valence-corrected chi connectivity index (χ0v) is 12.3. The average Bonchev–Trinajstić information content (AvgIpc) is 3.15. The van der Waals surface area contributed by atoms with Crippen molar-refractivity contribution in [3.8, 4) is 5.69 Å². The molecule has 0 spiro atoms. The van der Waals surface area contributed by atoms with E-state index in [1.165, 1.54) is 0 Å². The number of nitrogens with zero attached hydrogens (tertiary/aromatic N) is 4. The van der Waals surface area contributed by atoms with Crippen molar-refractivity contribution in [2.75, 3.05) is 0 Å². The molecule has 3 aromatic rings. The second-order valence-corrected chi connectivity index (χ2v) is 5.11. The minimum Gasteiger partial charge on any atom is -0.337 e. The second-order valence-electron chi connectivity index (χ2n) is 5.11. The van der Waals surface area contributed by atoms with Crippen LogP contribution in [0.15, 0.2) is 55.1 Å². The molecule has 1 aromatic carbocycles. The summed E-state index contributed by atoms with van der Waals surface area (Å²) in [5, 5.41) is 7.90. The van der Waals surface area contributed by atoms with E-state index in [0.29, 0.717) is 0 Å². The molecule has 1 N–H and O–H groups in total. The van der Waals surface area contributed by atoms with Gasteiger partial charge < -0.3 is 9.88 Å². The van der Waals surface area contributed by atoms with Gasteiger partial charge in [0.05, 0.1) is 18.4 Å². The van der Waals surface area contributed by atoms with E-state index in [-0.39, 0.29) is 6.04 Å². The zero-order valence-electron chi connectivity index (χ0n) is 12.3. The van der Waals surface area contributed by atoms with Crippen molar-refractivity contribution < 1.29 is 0 Å². The fraction of sp³-hybridized carbons (Fsp3) is 0.250. The van der Waals surface area contributed by atoms with E-state index in [9.17, 15) is 0 Å². The third-order valence-corrected chi connectivity index (χ3v) is 3.61. The van der Waals surface area contributed by atoms with Crippen LogP contribution >= 0.6 is 0 Å². The number of nitrogens with one attached hydrogen (secondary N) is 1. The van der Waals surface area contributed by atoms with Crippen molar-refractivity contribution >= 4 is 0 Å². The highest BCUT2D eigenvalue weighted by Gasteiger charge is 2.09. The molecule has 0 amide bonds. The van der Waals surface area contributed by atoms with Gasteiger partial charge in [-0.05, 0) is 19.1 Å². The van der Waals surface area contributed by atoms with Crippen LogP contribution in [0.2, 0.25) is 0 Å². The van der Waals surface area contributed by atoms with Crippen LogP contribution in [0.25, 0.3) is 5.69 Å². The number of imidazole rings is 1. The Hall–Kier alpha value is -2.40. The van der Waals surface area contributed by atoms with E-state index in [1.807, 2.05) is 65.2 Å². The van der Waals surface area contributed by atoms with E-state index in [0.717, 1.165) is 23.6 Å². The van der Waals surface area contributed by atoms with Crippen molar-refractivity contribution in [2.45, 2.75) is 19.5 Å². The molecule has 0 saturated carbocycles. The highest BCUT2D eigenvalue weighted by molar-refractivity contribution is 5.31. The molecule has 21 heavy (non-hydrogen) atoms. The predicted molar refractivity (Wildman–Crippen MR) is 82.0 cm³/mol. The summed E-state index contributed by atoms with van der Waals surface area (Å²) in [6, 6.07) is 10.3. The summed E-state index contributed by atoms with van der Waals surface area (Å²) < 4.78 is 3.92. The maximum Gasteiger partial charge on any atom is 0.122 e. The second kappa shape index (κ2) is 5.93. The molecule has 108 valence electrons. The minimum atomic E-state index is 0.221. The fourth-order valence-corrected chi connectivity index (χ4v) is 2.21. The quantitative estimate of drug-likeness (QED) is 0.781. The summed E-state index contributed by atoms with van der Waals surface area (Å²) >= 11 is 0. The van der Waals surface area contributed by atoms with E-state index < -0.39 is 0 Å². The van der Waals surface area contributed by atoms with Crippen LogP contribution in [0, 0.1) is 0 Å². The molecule has 0 aliphatic carbocycles. The largest absolute Gasteiger partial charge is 0.337 e. The van der Waals surface area contributed by atoms with Gasteiger partial charge in [-0.2, -0.15) is 5.10 Å². The van der Waals surface area contributed by atoms with Gasteiger partial charge in [0.2, 0.25) is 0 Å². The summed E-state index contributed by atoms with van der Waals surface area (Å²) in [4.78, 5) is 4.31. The fourth-order valence-electron chi connectivity index (χ4n) is 2.21. The Labute approximate surface area is 124 Å². The molecule has 0 radical (unpaired) electrons. The van der Waals surface area contributed by atoms with Gasteiger partial charge in [-0.1, -0.05) is 18.2 Å². The Morgan fingerprint density at radius 2 is 2.05 bits per heavy atom. The molecule has 0 aliphatic heterocycles. The van der Waals surface area contributed by atoms with Crippen molar-refractivity contribution in [1.29, 1.82) is 0 Å². The topological polar surface area (TPSA) is 47.7 Å². The van der Waals surface area contributed by atoms with E-state index in [4.69, 9.17) is 0 Å². The Balaban J connectivity index is 1.67. The zero-order chi connectivity index (χ0) is 14.7. The number of aromatic nitrogens is 4. The lowest BCUT2D eigenvalue weighted by molar-refractivity contribution is 0.549. The summed E-state index contributed by atoms with van der Waals surface area (Å²) in [6.07, 6.45) is 7.73. The maximum atomic E-state index is 4.43. The van der Waals surface area contributed by atoms with Crippen LogP contribution in [-0.4, -0.2) is 19.3 Å².